The van der Waals surface area contributed by atoms with E-state index in [-0.39, 0.29) is 5.96 Å². The van der Waals surface area contributed by atoms with E-state index in [9.17, 15) is 4.79 Å². The molecule has 1 aromatic carbocycles. The third kappa shape index (κ3) is 2.50. The van der Waals surface area contributed by atoms with E-state index in [1.54, 1.807) is 17.8 Å². The molecule has 1 unspecified atom stereocenters. The number of fused-ring (bicyclic) bond motifs is 1. The molecule has 0 radical (unpaired) electrons. The highest BCUT2D eigenvalue weighted by molar-refractivity contribution is 8.02. The molecule has 1 aliphatic heterocycles. The number of nitrogens with zero attached hydrogens (tertiary/aromatic N) is 1. The van der Waals surface area contributed by atoms with Crippen molar-refractivity contribution in [2.75, 3.05) is 0 Å². The third-order valence-corrected chi connectivity index (χ3v) is 3.44. The number of aliphatic imine (C=N–C) groups is 1. The Kier molecular flexibility index (Phi) is 3.19. The van der Waals surface area contributed by atoms with Gasteiger partial charge in [-0.15, -0.1) is 0 Å². The first kappa shape index (κ1) is 11.7. The van der Waals surface area contributed by atoms with Crippen LogP contribution in [0.5, 0.6) is 0 Å². The maximum atomic E-state index is 11.6. The Bertz CT molecular complexity index is 518. The Morgan fingerprint density at radius 2 is 2.18 bits per heavy atom. The second kappa shape index (κ2) is 4.63. The summed E-state index contributed by atoms with van der Waals surface area (Å²) in [4.78, 5) is 16.2. The minimum Gasteiger partial charge on any atom is -0.370 e. The predicted molar refractivity (Wildman–Crippen MR) is 70.0 cm³/mol. The molecular weight excluding hydrogens is 234 g/mol. The Labute approximate surface area is 104 Å². The Hall–Kier alpha value is -1.75. The fourth-order valence-corrected chi connectivity index (χ4v) is 2.71. The minimum atomic E-state index is -0.407. The summed E-state index contributed by atoms with van der Waals surface area (Å²) in [5.41, 5.74) is 12.1. The number of hydrogen-bond donors (Lipinski definition) is 2. The van der Waals surface area contributed by atoms with Gasteiger partial charge in [-0.25, -0.2) is 0 Å². The molecule has 1 aliphatic rings. The van der Waals surface area contributed by atoms with Crippen molar-refractivity contribution in [2.45, 2.75) is 17.7 Å². The number of guanidine groups is 1. The van der Waals surface area contributed by atoms with Crippen molar-refractivity contribution in [3.05, 3.63) is 40.8 Å². The lowest BCUT2D eigenvalue weighted by Crippen LogP contribution is -2.24. The Morgan fingerprint density at radius 3 is 2.88 bits per heavy atom. The normalized spacial score (nSPS) is 17.4. The van der Waals surface area contributed by atoms with E-state index < -0.39 is 5.91 Å². The van der Waals surface area contributed by atoms with Crippen LogP contribution in [0.4, 0.5) is 0 Å². The van der Waals surface area contributed by atoms with Crippen molar-refractivity contribution < 1.29 is 4.79 Å². The number of benzene rings is 1. The topological polar surface area (TPSA) is 81.5 Å². The number of hydrogen-bond acceptors (Lipinski definition) is 2. The maximum Gasteiger partial charge on any atom is 0.280 e. The van der Waals surface area contributed by atoms with E-state index in [2.05, 4.69) is 18.0 Å². The number of carbonyl (C=O) groups is 1. The number of nitrogens with two attached hydrogens (primary N) is 2. The summed E-state index contributed by atoms with van der Waals surface area (Å²) >= 11 is 1.60. The minimum absolute atomic E-state index is 0.214. The number of thioether (sulfide) groups is 1. The van der Waals surface area contributed by atoms with Gasteiger partial charge in [0, 0.05) is 16.4 Å². The average molecular weight is 247 g/mol. The van der Waals surface area contributed by atoms with Crippen molar-refractivity contribution in [1.29, 1.82) is 0 Å². The molecule has 1 atom stereocenters. The zero-order chi connectivity index (χ0) is 12.4. The summed E-state index contributed by atoms with van der Waals surface area (Å²) in [5, 5.41) is 2.03. The standard InChI is InChI=1S/C12H13N3OS/c1-7-4-5-17-10-6-8(2-3-9(7)10)11(16)15-12(13)14/h2-7H,1H3,(H4,13,14,15,16). The number of rotatable bonds is 1. The molecule has 4 nitrogen and oxygen atoms in total. The first-order valence-electron chi connectivity index (χ1n) is 5.19. The molecule has 5 heteroatoms. The van der Waals surface area contributed by atoms with E-state index in [0.29, 0.717) is 11.5 Å². The van der Waals surface area contributed by atoms with Gasteiger partial charge in [0.05, 0.1) is 0 Å². The molecule has 17 heavy (non-hydrogen) atoms. The fourth-order valence-electron chi connectivity index (χ4n) is 1.66. The van der Waals surface area contributed by atoms with Crippen LogP contribution in [0.3, 0.4) is 0 Å². The van der Waals surface area contributed by atoms with Gasteiger partial charge >= 0.3 is 0 Å². The van der Waals surface area contributed by atoms with Crippen LogP contribution in [0, 0.1) is 0 Å². The van der Waals surface area contributed by atoms with Gasteiger partial charge in [-0.2, -0.15) is 4.99 Å². The van der Waals surface area contributed by atoms with Crippen LogP contribution in [0.2, 0.25) is 0 Å². The van der Waals surface area contributed by atoms with Crippen molar-refractivity contribution in [3.63, 3.8) is 0 Å². The molecule has 1 amide bonds. The molecule has 0 saturated heterocycles. The van der Waals surface area contributed by atoms with Crippen molar-refractivity contribution in [1.82, 2.24) is 0 Å². The molecule has 0 aromatic heterocycles. The summed E-state index contributed by atoms with van der Waals surface area (Å²) in [6.45, 7) is 2.12. The van der Waals surface area contributed by atoms with E-state index in [0.717, 1.165) is 4.90 Å². The molecule has 2 rings (SSSR count). The SMILES string of the molecule is CC1C=CSc2cc(C(=O)N=C(N)N)ccc21. The van der Waals surface area contributed by atoms with E-state index >= 15 is 0 Å². The molecule has 88 valence electrons. The second-order valence-corrected chi connectivity index (χ2v) is 4.78. The van der Waals surface area contributed by atoms with Gasteiger partial charge in [0.1, 0.15) is 0 Å². The molecule has 0 saturated carbocycles. The van der Waals surface area contributed by atoms with Gasteiger partial charge in [0.25, 0.3) is 5.91 Å². The summed E-state index contributed by atoms with van der Waals surface area (Å²) in [6, 6.07) is 5.53. The highest BCUT2D eigenvalue weighted by Gasteiger charge is 2.15. The zero-order valence-corrected chi connectivity index (χ0v) is 10.2. The van der Waals surface area contributed by atoms with Gasteiger partial charge < -0.3 is 11.5 Å². The summed E-state index contributed by atoms with van der Waals surface area (Å²) < 4.78 is 0. The highest BCUT2D eigenvalue weighted by atomic mass is 32.2. The zero-order valence-electron chi connectivity index (χ0n) is 9.38. The van der Waals surface area contributed by atoms with Crippen LogP contribution in [0.1, 0.15) is 28.8 Å². The molecule has 0 aliphatic carbocycles. The van der Waals surface area contributed by atoms with Gasteiger partial charge in [0.15, 0.2) is 5.96 Å². The molecule has 1 aromatic rings. The van der Waals surface area contributed by atoms with E-state index in [4.69, 9.17) is 11.5 Å². The molecule has 0 fully saturated rings. The Balaban J connectivity index is 2.35. The van der Waals surface area contributed by atoms with Crippen LogP contribution in [0.25, 0.3) is 0 Å². The fraction of sp³-hybridized carbons (Fsp3) is 0.167. The monoisotopic (exact) mass is 247 g/mol. The highest BCUT2D eigenvalue weighted by Crippen LogP contribution is 2.35. The smallest absolute Gasteiger partial charge is 0.280 e. The van der Waals surface area contributed by atoms with Crippen LogP contribution < -0.4 is 11.5 Å². The predicted octanol–water partition coefficient (Wildman–Crippen LogP) is 1.82. The lowest BCUT2D eigenvalue weighted by molar-refractivity contribution is 0.100. The summed E-state index contributed by atoms with van der Waals surface area (Å²) in [7, 11) is 0. The van der Waals surface area contributed by atoms with Crippen molar-refractivity contribution >= 4 is 23.6 Å². The van der Waals surface area contributed by atoms with E-state index in [1.165, 1.54) is 5.56 Å². The van der Waals surface area contributed by atoms with E-state index in [1.807, 2.05) is 17.5 Å². The lowest BCUT2D eigenvalue weighted by Gasteiger charge is -2.16. The van der Waals surface area contributed by atoms with Crippen LogP contribution in [-0.4, -0.2) is 11.9 Å². The number of allylic oxidation sites excluding steroid dienone is 1. The third-order valence-electron chi connectivity index (χ3n) is 2.54. The number of amides is 1. The van der Waals surface area contributed by atoms with Gasteiger partial charge in [-0.05, 0) is 23.1 Å². The first-order chi connectivity index (χ1) is 8.08. The van der Waals surface area contributed by atoms with Gasteiger partial charge in [0.2, 0.25) is 0 Å². The summed E-state index contributed by atoms with van der Waals surface area (Å²) in [6.07, 6.45) is 2.13. The van der Waals surface area contributed by atoms with Gasteiger partial charge in [-0.3, -0.25) is 4.79 Å². The van der Waals surface area contributed by atoms with Crippen LogP contribution in [0.15, 0.2) is 39.6 Å². The Morgan fingerprint density at radius 1 is 1.41 bits per heavy atom. The van der Waals surface area contributed by atoms with Crippen molar-refractivity contribution in [2.24, 2.45) is 16.5 Å². The summed E-state index contributed by atoms with van der Waals surface area (Å²) in [5.74, 6) is -0.247. The molecule has 0 spiro atoms. The molecule has 1 heterocycles. The molecule has 4 N–H and O–H groups in total. The van der Waals surface area contributed by atoms with Crippen LogP contribution in [-0.2, 0) is 0 Å². The average Bonchev–Trinajstić information content (AvgIpc) is 2.28. The first-order valence-corrected chi connectivity index (χ1v) is 6.07. The van der Waals surface area contributed by atoms with Crippen LogP contribution >= 0.6 is 11.8 Å². The lowest BCUT2D eigenvalue weighted by atomic mass is 9.99. The number of carbonyl (C=O) groups excluding carboxylic acids is 1. The maximum absolute atomic E-state index is 11.6. The second-order valence-electron chi connectivity index (χ2n) is 3.83. The van der Waals surface area contributed by atoms with Gasteiger partial charge in [-0.1, -0.05) is 30.8 Å². The quantitative estimate of drug-likeness (QED) is 0.586. The molecule has 0 bridgehead atoms. The largest absolute Gasteiger partial charge is 0.370 e. The molecular formula is C12H13N3OS. The van der Waals surface area contributed by atoms with Crippen molar-refractivity contribution in [3.8, 4) is 0 Å².